The Morgan fingerprint density at radius 3 is 2.50 bits per heavy atom. The molecule has 2 heterocycles. The third-order valence-corrected chi connectivity index (χ3v) is 5.48. The Bertz CT molecular complexity index is 919. The highest BCUT2D eigenvalue weighted by atomic mass is 79.9. The van der Waals surface area contributed by atoms with Gasteiger partial charge < -0.3 is 14.6 Å². The standard InChI is InChI=1S/C21H21BrN4O2/c22-18-8-6-15(7-9-18)14-23-19(27)16-10-12-26(13-11-16)21-25-24-20(28-21)17-4-2-1-3-5-17/h1-9,16H,10-14H2,(H,23,27). The van der Waals surface area contributed by atoms with Crippen LogP contribution in [0.4, 0.5) is 6.01 Å². The second-order valence-electron chi connectivity index (χ2n) is 6.86. The lowest BCUT2D eigenvalue weighted by Gasteiger charge is -2.29. The van der Waals surface area contributed by atoms with Gasteiger partial charge >= 0.3 is 6.01 Å². The number of nitrogens with one attached hydrogen (secondary N) is 1. The number of benzene rings is 2. The Morgan fingerprint density at radius 1 is 1.07 bits per heavy atom. The summed E-state index contributed by atoms with van der Waals surface area (Å²) in [4.78, 5) is 14.5. The minimum atomic E-state index is 0.0169. The Kier molecular flexibility index (Phi) is 5.71. The van der Waals surface area contributed by atoms with Crippen LogP contribution in [0.25, 0.3) is 11.5 Å². The number of piperidine rings is 1. The second kappa shape index (κ2) is 8.56. The fourth-order valence-electron chi connectivity index (χ4n) is 3.31. The molecule has 1 saturated heterocycles. The first-order valence-electron chi connectivity index (χ1n) is 9.35. The number of hydrogen-bond donors (Lipinski definition) is 1. The first kappa shape index (κ1) is 18.7. The normalized spacial score (nSPS) is 14.8. The monoisotopic (exact) mass is 440 g/mol. The molecule has 0 saturated carbocycles. The van der Waals surface area contributed by atoms with Crippen molar-refractivity contribution in [1.29, 1.82) is 0 Å². The molecule has 1 N–H and O–H groups in total. The zero-order chi connectivity index (χ0) is 19.3. The number of amides is 1. The molecule has 28 heavy (non-hydrogen) atoms. The van der Waals surface area contributed by atoms with Crippen LogP contribution in [0.5, 0.6) is 0 Å². The van der Waals surface area contributed by atoms with Crippen molar-refractivity contribution >= 4 is 27.9 Å². The first-order valence-corrected chi connectivity index (χ1v) is 10.1. The van der Waals surface area contributed by atoms with E-state index >= 15 is 0 Å². The van der Waals surface area contributed by atoms with Gasteiger partial charge in [0, 0.05) is 35.6 Å². The molecular weight excluding hydrogens is 420 g/mol. The fourth-order valence-corrected chi connectivity index (χ4v) is 3.57. The molecule has 144 valence electrons. The molecule has 2 aromatic carbocycles. The molecule has 1 aliphatic heterocycles. The third-order valence-electron chi connectivity index (χ3n) is 4.95. The van der Waals surface area contributed by atoms with Crippen LogP contribution in [-0.2, 0) is 11.3 Å². The van der Waals surface area contributed by atoms with Crippen molar-refractivity contribution in [3.63, 3.8) is 0 Å². The second-order valence-corrected chi connectivity index (χ2v) is 7.78. The number of carbonyl (C=O) groups excluding carboxylic acids is 1. The van der Waals surface area contributed by atoms with Crippen molar-refractivity contribution in [3.8, 4) is 11.5 Å². The van der Waals surface area contributed by atoms with Gasteiger partial charge in [-0.2, -0.15) is 0 Å². The molecule has 3 aromatic rings. The van der Waals surface area contributed by atoms with Crippen molar-refractivity contribution in [1.82, 2.24) is 15.5 Å². The molecule has 0 radical (unpaired) electrons. The van der Waals surface area contributed by atoms with E-state index in [-0.39, 0.29) is 11.8 Å². The molecule has 1 amide bonds. The third kappa shape index (κ3) is 4.42. The highest BCUT2D eigenvalue weighted by Gasteiger charge is 2.27. The van der Waals surface area contributed by atoms with Crippen LogP contribution in [0, 0.1) is 5.92 Å². The fraction of sp³-hybridized carbons (Fsp3) is 0.286. The lowest BCUT2D eigenvalue weighted by atomic mass is 9.96. The molecule has 0 unspecified atom stereocenters. The van der Waals surface area contributed by atoms with Gasteiger partial charge in [0.05, 0.1) is 0 Å². The average molecular weight is 441 g/mol. The summed E-state index contributed by atoms with van der Waals surface area (Å²) in [5, 5.41) is 11.4. The van der Waals surface area contributed by atoms with Gasteiger partial charge in [-0.05, 0) is 42.7 Å². The predicted molar refractivity (Wildman–Crippen MR) is 111 cm³/mol. The van der Waals surface area contributed by atoms with Crippen molar-refractivity contribution in [2.75, 3.05) is 18.0 Å². The number of halogens is 1. The van der Waals surface area contributed by atoms with Gasteiger partial charge in [0.25, 0.3) is 0 Å². The first-order chi connectivity index (χ1) is 13.7. The number of anilines is 1. The highest BCUT2D eigenvalue weighted by molar-refractivity contribution is 9.10. The largest absolute Gasteiger partial charge is 0.403 e. The number of aromatic nitrogens is 2. The summed E-state index contributed by atoms with van der Waals surface area (Å²) >= 11 is 3.42. The van der Waals surface area contributed by atoms with E-state index in [2.05, 4.69) is 36.3 Å². The molecule has 6 nitrogen and oxygen atoms in total. The molecule has 0 aliphatic carbocycles. The molecule has 1 aromatic heterocycles. The van der Waals surface area contributed by atoms with Gasteiger partial charge in [0.1, 0.15) is 0 Å². The van der Waals surface area contributed by atoms with Gasteiger partial charge in [-0.3, -0.25) is 4.79 Å². The Morgan fingerprint density at radius 2 is 1.79 bits per heavy atom. The lowest BCUT2D eigenvalue weighted by molar-refractivity contribution is -0.125. The van der Waals surface area contributed by atoms with Crippen LogP contribution in [0.2, 0.25) is 0 Å². The van der Waals surface area contributed by atoms with E-state index in [1.807, 2.05) is 54.6 Å². The summed E-state index contributed by atoms with van der Waals surface area (Å²) in [6, 6.07) is 18.2. The maximum absolute atomic E-state index is 12.5. The maximum atomic E-state index is 12.5. The van der Waals surface area contributed by atoms with Crippen molar-refractivity contribution in [2.24, 2.45) is 5.92 Å². The van der Waals surface area contributed by atoms with Crippen LogP contribution in [0.15, 0.2) is 63.5 Å². The van der Waals surface area contributed by atoms with Crippen LogP contribution < -0.4 is 10.2 Å². The van der Waals surface area contributed by atoms with E-state index in [0.717, 1.165) is 41.5 Å². The van der Waals surface area contributed by atoms with Crippen molar-refractivity contribution in [3.05, 3.63) is 64.6 Å². The summed E-state index contributed by atoms with van der Waals surface area (Å²) in [6.45, 7) is 2.01. The van der Waals surface area contributed by atoms with Crippen LogP contribution in [0.3, 0.4) is 0 Å². The number of hydrogen-bond acceptors (Lipinski definition) is 5. The minimum absolute atomic E-state index is 0.0169. The Balaban J connectivity index is 1.29. The van der Waals surface area contributed by atoms with Crippen molar-refractivity contribution in [2.45, 2.75) is 19.4 Å². The maximum Gasteiger partial charge on any atom is 0.318 e. The summed E-state index contributed by atoms with van der Waals surface area (Å²) < 4.78 is 6.85. The topological polar surface area (TPSA) is 71.3 Å². The quantitative estimate of drug-likeness (QED) is 0.648. The molecule has 0 atom stereocenters. The Labute approximate surface area is 172 Å². The average Bonchev–Trinajstić information content (AvgIpc) is 3.24. The molecule has 0 spiro atoms. The van der Waals surface area contributed by atoms with Gasteiger partial charge in [-0.15, -0.1) is 5.10 Å². The molecule has 4 rings (SSSR count). The predicted octanol–water partition coefficient (Wildman–Crippen LogP) is 4.03. The van der Waals surface area contributed by atoms with E-state index in [1.165, 1.54) is 0 Å². The van der Waals surface area contributed by atoms with E-state index in [9.17, 15) is 4.79 Å². The van der Waals surface area contributed by atoms with Crippen LogP contribution >= 0.6 is 15.9 Å². The van der Waals surface area contributed by atoms with E-state index < -0.39 is 0 Å². The molecule has 1 aliphatic rings. The molecular formula is C21H21BrN4O2. The molecule has 7 heteroatoms. The van der Waals surface area contributed by atoms with Crippen LogP contribution in [-0.4, -0.2) is 29.2 Å². The zero-order valence-electron chi connectivity index (χ0n) is 15.3. The van der Waals surface area contributed by atoms with E-state index in [0.29, 0.717) is 18.5 Å². The summed E-state index contributed by atoms with van der Waals surface area (Å²) in [5.74, 6) is 0.645. The van der Waals surface area contributed by atoms with Gasteiger partial charge in [0.2, 0.25) is 11.8 Å². The van der Waals surface area contributed by atoms with E-state index in [4.69, 9.17) is 4.42 Å². The summed E-state index contributed by atoms with van der Waals surface area (Å²) in [6.07, 6.45) is 1.55. The SMILES string of the molecule is O=C(NCc1ccc(Br)cc1)C1CCN(c2nnc(-c3ccccc3)o2)CC1. The molecule has 1 fully saturated rings. The number of carbonyl (C=O) groups is 1. The van der Waals surface area contributed by atoms with Crippen LogP contribution in [0.1, 0.15) is 18.4 Å². The smallest absolute Gasteiger partial charge is 0.318 e. The van der Waals surface area contributed by atoms with Gasteiger partial charge in [-0.1, -0.05) is 51.4 Å². The number of rotatable bonds is 5. The van der Waals surface area contributed by atoms with Gasteiger partial charge in [0.15, 0.2) is 0 Å². The highest BCUT2D eigenvalue weighted by Crippen LogP contribution is 2.26. The summed E-state index contributed by atoms with van der Waals surface area (Å²) in [5.41, 5.74) is 2.00. The Hall–Kier alpha value is -2.67. The summed E-state index contributed by atoms with van der Waals surface area (Å²) in [7, 11) is 0. The molecule has 0 bridgehead atoms. The van der Waals surface area contributed by atoms with Crippen molar-refractivity contribution < 1.29 is 9.21 Å². The minimum Gasteiger partial charge on any atom is -0.403 e. The van der Waals surface area contributed by atoms with E-state index in [1.54, 1.807) is 0 Å². The van der Waals surface area contributed by atoms with Gasteiger partial charge in [-0.25, -0.2) is 0 Å². The zero-order valence-corrected chi connectivity index (χ0v) is 16.9. The lowest BCUT2D eigenvalue weighted by Crippen LogP contribution is -2.40. The number of nitrogens with zero attached hydrogens (tertiary/aromatic N) is 3.